The Kier molecular flexibility index (Phi) is 3.89. The molecule has 0 bridgehead atoms. The fourth-order valence-corrected chi connectivity index (χ4v) is 2.02. The molecule has 0 saturated heterocycles. The second kappa shape index (κ2) is 5.35. The molecule has 0 unspecified atom stereocenters. The van der Waals surface area contributed by atoms with Crippen molar-refractivity contribution in [1.29, 1.82) is 0 Å². The average molecular weight is 296 g/mol. The molecule has 0 spiro atoms. The van der Waals surface area contributed by atoms with Crippen LogP contribution in [0.2, 0.25) is 0 Å². The molecule has 2 rings (SSSR count). The van der Waals surface area contributed by atoms with Gasteiger partial charge in [-0.25, -0.2) is 4.98 Å². The Bertz CT molecular complexity index is 718. The van der Waals surface area contributed by atoms with Crippen molar-refractivity contribution < 1.29 is 13.2 Å². The standard InChI is InChI=1S/C15H15F3N2O/c1-8(2)14-19-12(7-13(21)20-14)11-5-4-10(6-9(11)3)15(16,17)18/h4-8H,1-3H3,(H,19,20,21). The Morgan fingerprint density at radius 2 is 1.86 bits per heavy atom. The highest BCUT2D eigenvalue weighted by Crippen LogP contribution is 2.32. The van der Waals surface area contributed by atoms with Gasteiger partial charge >= 0.3 is 6.18 Å². The number of aromatic amines is 1. The Hall–Kier alpha value is -2.11. The second-order valence-corrected chi connectivity index (χ2v) is 5.20. The van der Waals surface area contributed by atoms with Crippen LogP contribution in [0, 0.1) is 6.92 Å². The lowest BCUT2D eigenvalue weighted by Crippen LogP contribution is -2.12. The van der Waals surface area contributed by atoms with E-state index >= 15 is 0 Å². The summed E-state index contributed by atoms with van der Waals surface area (Å²) >= 11 is 0. The van der Waals surface area contributed by atoms with E-state index < -0.39 is 11.7 Å². The number of H-pyrrole nitrogens is 1. The highest BCUT2D eigenvalue weighted by molar-refractivity contribution is 5.63. The lowest BCUT2D eigenvalue weighted by Gasteiger charge is -2.12. The Labute approximate surface area is 119 Å². The van der Waals surface area contributed by atoms with Gasteiger partial charge in [0.05, 0.1) is 11.3 Å². The van der Waals surface area contributed by atoms with E-state index in [-0.39, 0.29) is 11.5 Å². The predicted molar refractivity (Wildman–Crippen MR) is 74.1 cm³/mol. The number of nitrogens with zero attached hydrogens (tertiary/aromatic N) is 1. The Morgan fingerprint density at radius 1 is 1.19 bits per heavy atom. The molecule has 2 aromatic rings. The molecular weight excluding hydrogens is 281 g/mol. The van der Waals surface area contributed by atoms with Crippen LogP contribution in [-0.4, -0.2) is 9.97 Å². The van der Waals surface area contributed by atoms with E-state index in [0.717, 1.165) is 12.1 Å². The van der Waals surface area contributed by atoms with Gasteiger partial charge in [0, 0.05) is 17.5 Å². The van der Waals surface area contributed by atoms with Crippen LogP contribution >= 0.6 is 0 Å². The fourth-order valence-electron chi connectivity index (χ4n) is 2.02. The van der Waals surface area contributed by atoms with Gasteiger partial charge in [-0.2, -0.15) is 13.2 Å². The lowest BCUT2D eigenvalue weighted by molar-refractivity contribution is -0.137. The van der Waals surface area contributed by atoms with Crippen molar-refractivity contribution in [2.75, 3.05) is 0 Å². The van der Waals surface area contributed by atoms with E-state index in [2.05, 4.69) is 9.97 Å². The molecule has 0 aliphatic rings. The molecule has 0 radical (unpaired) electrons. The van der Waals surface area contributed by atoms with Crippen LogP contribution in [0.5, 0.6) is 0 Å². The molecule has 1 N–H and O–H groups in total. The number of nitrogens with one attached hydrogen (secondary N) is 1. The molecular formula is C15H15F3N2O. The number of aryl methyl sites for hydroxylation is 1. The number of hydrogen-bond donors (Lipinski definition) is 1. The van der Waals surface area contributed by atoms with Gasteiger partial charge < -0.3 is 4.98 Å². The molecule has 6 heteroatoms. The first-order valence-electron chi connectivity index (χ1n) is 6.48. The zero-order chi connectivity index (χ0) is 15.8. The number of aromatic nitrogens is 2. The third kappa shape index (κ3) is 3.32. The minimum Gasteiger partial charge on any atom is -0.310 e. The van der Waals surface area contributed by atoms with Crippen LogP contribution in [0.3, 0.4) is 0 Å². The van der Waals surface area contributed by atoms with Crippen molar-refractivity contribution in [1.82, 2.24) is 9.97 Å². The van der Waals surface area contributed by atoms with Crippen LogP contribution in [0.25, 0.3) is 11.3 Å². The number of halogens is 3. The van der Waals surface area contributed by atoms with Gasteiger partial charge in [-0.15, -0.1) is 0 Å². The van der Waals surface area contributed by atoms with Crippen molar-refractivity contribution in [3.05, 3.63) is 51.6 Å². The predicted octanol–water partition coefficient (Wildman–Crippen LogP) is 3.89. The molecule has 1 aromatic carbocycles. The van der Waals surface area contributed by atoms with Gasteiger partial charge in [-0.3, -0.25) is 4.79 Å². The molecule has 1 aromatic heterocycles. The second-order valence-electron chi connectivity index (χ2n) is 5.20. The van der Waals surface area contributed by atoms with Crippen molar-refractivity contribution in [2.24, 2.45) is 0 Å². The summed E-state index contributed by atoms with van der Waals surface area (Å²) in [6.45, 7) is 5.33. The summed E-state index contributed by atoms with van der Waals surface area (Å²) in [4.78, 5) is 18.6. The topological polar surface area (TPSA) is 45.8 Å². The van der Waals surface area contributed by atoms with Crippen LogP contribution in [0.15, 0.2) is 29.1 Å². The van der Waals surface area contributed by atoms with Crippen LogP contribution in [0.1, 0.15) is 36.7 Å². The molecule has 0 fully saturated rings. The summed E-state index contributed by atoms with van der Waals surface area (Å²) in [7, 11) is 0. The normalized spacial score (nSPS) is 12.0. The van der Waals surface area contributed by atoms with Gasteiger partial charge in [0.1, 0.15) is 5.82 Å². The molecule has 0 aliphatic carbocycles. The lowest BCUT2D eigenvalue weighted by atomic mass is 10.0. The summed E-state index contributed by atoms with van der Waals surface area (Å²) in [6, 6.07) is 4.71. The van der Waals surface area contributed by atoms with Gasteiger partial charge in [-0.1, -0.05) is 19.9 Å². The van der Waals surface area contributed by atoms with Gasteiger partial charge in [0.15, 0.2) is 0 Å². The molecule has 0 saturated carbocycles. The maximum absolute atomic E-state index is 12.7. The van der Waals surface area contributed by atoms with E-state index in [0.29, 0.717) is 22.6 Å². The Balaban J connectivity index is 2.55. The molecule has 0 amide bonds. The summed E-state index contributed by atoms with van der Waals surface area (Å²) in [5.74, 6) is 0.532. The Morgan fingerprint density at radius 3 is 2.38 bits per heavy atom. The zero-order valence-corrected chi connectivity index (χ0v) is 11.9. The quantitative estimate of drug-likeness (QED) is 0.914. The van der Waals surface area contributed by atoms with Crippen molar-refractivity contribution >= 4 is 0 Å². The number of hydrogen-bond acceptors (Lipinski definition) is 2. The van der Waals surface area contributed by atoms with Gasteiger partial charge in [-0.05, 0) is 24.6 Å². The maximum Gasteiger partial charge on any atom is 0.416 e. The minimum absolute atomic E-state index is 0.0207. The third-order valence-electron chi connectivity index (χ3n) is 3.14. The fraction of sp³-hybridized carbons (Fsp3) is 0.333. The van der Waals surface area contributed by atoms with Crippen molar-refractivity contribution in [3.63, 3.8) is 0 Å². The highest BCUT2D eigenvalue weighted by Gasteiger charge is 2.30. The van der Waals surface area contributed by atoms with E-state index in [1.54, 1.807) is 6.92 Å². The monoisotopic (exact) mass is 296 g/mol. The largest absolute Gasteiger partial charge is 0.416 e. The average Bonchev–Trinajstić information content (AvgIpc) is 2.36. The number of benzene rings is 1. The first-order chi connectivity index (χ1) is 9.68. The van der Waals surface area contributed by atoms with E-state index in [4.69, 9.17) is 0 Å². The first-order valence-corrected chi connectivity index (χ1v) is 6.48. The zero-order valence-electron chi connectivity index (χ0n) is 11.9. The SMILES string of the molecule is Cc1cc(C(F)(F)F)ccc1-c1cc(=O)[nH]c(C(C)C)n1. The molecule has 0 atom stereocenters. The van der Waals surface area contributed by atoms with E-state index in [9.17, 15) is 18.0 Å². The van der Waals surface area contributed by atoms with Crippen LogP contribution in [0.4, 0.5) is 13.2 Å². The van der Waals surface area contributed by atoms with Crippen molar-refractivity contribution in [2.45, 2.75) is 32.9 Å². The summed E-state index contributed by atoms with van der Waals surface area (Å²) in [5, 5.41) is 0. The molecule has 112 valence electrons. The van der Waals surface area contributed by atoms with E-state index in [1.165, 1.54) is 12.1 Å². The minimum atomic E-state index is -4.38. The molecule has 21 heavy (non-hydrogen) atoms. The summed E-state index contributed by atoms with van der Waals surface area (Å²) in [6.07, 6.45) is -4.38. The molecule has 1 heterocycles. The summed E-state index contributed by atoms with van der Waals surface area (Å²) < 4.78 is 38.0. The van der Waals surface area contributed by atoms with Gasteiger partial charge in [0.25, 0.3) is 5.56 Å². The molecule has 3 nitrogen and oxygen atoms in total. The maximum atomic E-state index is 12.7. The highest BCUT2D eigenvalue weighted by atomic mass is 19.4. The smallest absolute Gasteiger partial charge is 0.310 e. The summed E-state index contributed by atoms with van der Waals surface area (Å²) in [5.41, 5.74) is 0.308. The number of alkyl halides is 3. The first kappa shape index (κ1) is 15.3. The van der Waals surface area contributed by atoms with Crippen LogP contribution in [-0.2, 0) is 6.18 Å². The van der Waals surface area contributed by atoms with Gasteiger partial charge in [0.2, 0.25) is 0 Å². The third-order valence-corrected chi connectivity index (χ3v) is 3.14. The van der Waals surface area contributed by atoms with Crippen LogP contribution < -0.4 is 5.56 Å². The molecule has 0 aliphatic heterocycles. The van der Waals surface area contributed by atoms with E-state index in [1.807, 2.05) is 13.8 Å². The van der Waals surface area contributed by atoms with Crippen molar-refractivity contribution in [3.8, 4) is 11.3 Å². The number of rotatable bonds is 2.